The van der Waals surface area contributed by atoms with E-state index in [2.05, 4.69) is 49.2 Å². The minimum atomic E-state index is -0.195. The largest absolute Gasteiger partial charge is 0.355 e. The highest BCUT2D eigenvalue weighted by atomic mass is 16.1. The zero-order chi connectivity index (χ0) is 22.8. The molecule has 3 aromatic rings. The molecule has 2 aliphatic rings. The van der Waals surface area contributed by atoms with Crippen molar-refractivity contribution in [2.24, 2.45) is 0 Å². The van der Waals surface area contributed by atoms with E-state index in [0.717, 1.165) is 60.5 Å². The van der Waals surface area contributed by atoms with Crippen molar-refractivity contribution in [1.29, 1.82) is 0 Å². The van der Waals surface area contributed by atoms with Crippen LogP contribution in [0.5, 0.6) is 0 Å². The Bertz CT molecular complexity index is 1210. The molecule has 0 atom stereocenters. The summed E-state index contributed by atoms with van der Waals surface area (Å²) in [7, 11) is 4.06. The van der Waals surface area contributed by atoms with E-state index in [1.807, 2.05) is 42.5 Å². The first-order chi connectivity index (χ1) is 16.0. The summed E-state index contributed by atoms with van der Waals surface area (Å²) in [6.07, 6.45) is 6.54. The number of nitrogens with zero attached hydrogens (tertiary/aromatic N) is 5. The second kappa shape index (κ2) is 9.05. The van der Waals surface area contributed by atoms with Crippen molar-refractivity contribution in [3.63, 3.8) is 0 Å². The van der Waals surface area contributed by atoms with Crippen LogP contribution in [0.2, 0.25) is 0 Å². The molecular formula is C24H28N8O. The molecule has 33 heavy (non-hydrogen) atoms. The minimum absolute atomic E-state index is 0.195. The number of aromatic nitrogens is 2. The van der Waals surface area contributed by atoms with Crippen LogP contribution in [0.15, 0.2) is 55.0 Å². The number of amides is 1. The van der Waals surface area contributed by atoms with Crippen molar-refractivity contribution in [2.45, 2.75) is 6.42 Å². The van der Waals surface area contributed by atoms with Gasteiger partial charge in [-0.25, -0.2) is 9.97 Å². The predicted molar refractivity (Wildman–Crippen MR) is 130 cm³/mol. The fourth-order valence-corrected chi connectivity index (χ4v) is 4.13. The van der Waals surface area contributed by atoms with Gasteiger partial charge in [-0.3, -0.25) is 9.80 Å². The van der Waals surface area contributed by atoms with Gasteiger partial charge in [0, 0.05) is 61.8 Å². The van der Waals surface area contributed by atoms with Gasteiger partial charge in [0.1, 0.15) is 11.6 Å². The standard InChI is InChI=1S/C24H28N8O/c1-30-8-3-9-32(11-10-30)23-14-18(6-7-25-23)24(33)27-22-13-20-12-17(4-5-19(20)15-26-22)21-16-31(2)29-28-21/h4-7,12-16,28-29H,3,8-11H2,1-2H3,(H,26,27,33). The number of hydrogen-bond donors (Lipinski definition) is 3. The van der Waals surface area contributed by atoms with Gasteiger partial charge in [0.25, 0.3) is 5.91 Å². The molecule has 0 bridgehead atoms. The third-order valence-electron chi connectivity index (χ3n) is 6.02. The molecule has 1 aromatic carbocycles. The summed E-state index contributed by atoms with van der Waals surface area (Å²) in [6.45, 7) is 3.90. The fraction of sp³-hybridized carbons (Fsp3) is 0.292. The summed E-state index contributed by atoms with van der Waals surface area (Å²) in [5.74, 6) is 1.16. The van der Waals surface area contributed by atoms with Gasteiger partial charge in [-0.1, -0.05) is 12.1 Å². The molecule has 0 radical (unpaired) electrons. The first kappa shape index (κ1) is 21.2. The number of nitrogens with one attached hydrogen (secondary N) is 3. The highest BCUT2D eigenvalue weighted by molar-refractivity contribution is 6.05. The van der Waals surface area contributed by atoms with E-state index in [1.54, 1.807) is 18.5 Å². The van der Waals surface area contributed by atoms with Crippen LogP contribution in [0, 0.1) is 0 Å². The highest BCUT2D eigenvalue weighted by Gasteiger charge is 2.16. The van der Waals surface area contributed by atoms with Crippen LogP contribution < -0.4 is 21.2 Å². The van der Waals surface area contributed by atoms with Gasteiger partial charge < -0.3 is 20.5 Å². The molecule has 1 amide bonds. The second-order valence-electron chi connectivity index (χ2n) is 8.52. The van der Waals surface area contributed by atoms with Gasteiger partial charge in [0.15, 0.2) is 0 Å². The smallest absolute Gasteiger partial charge is 0.257 e. The Hall–Kier alpha value is -3.69. The molecule has 0 saturated carbocycles. The normalized spacial score (nSPS) is 17.0. The Morgan fingerprint density at radius 3 is 2.76 bits per heavy atom. The van der Waals surface area contributed by atoms with Crippen LogP contribution in [0.1, 0.15) is 22.3 Å². The summed E-state index contributed by atoms with van der Waals surface area (Å²) < 4.78 is 0. The van der Waals surface area contributed by atoms with Gasteiger partial charge in [0.05, 0.1) is 5.70 Å². The van der Waals surface area contributed by atoms with Crippen molar-refractivity contribution < 1.29 is 4.79 Å². The number of carbonyl (C=O) groups excluding carboxylic acids is 1. The molecule has 0 spiro atoms. The lowest BCUT2D eigenvalue weighted by Crippen LogP contribution is -2.33. The van der Waals surface area contributed by atoms with E-state index in [0.29, 0.717) is 11.4 Å². The molecule has 1 fully saturated rings. The summed E-state index contributed by atoms with van der Waals surface area (Å²) in [6, 6.07) is 11.6. The van der Waals surface area contributed by atoms with Gasteiger partial charge in [0.2, 0.25) is 0 Å². The van der Waals surface area contributed by atoms with Crippen molar-refractivity contribution >= 4 is 34.0 Å². The SMILES string of the molecule is CN1CCCN(c2cc(C(=O)Nc3cc4cc(C5=CN(C)NN5)ccc4cn3)ccn2)CC1. The van der Waals surface area contributed by atoms with Crippen molar-refractivity contribution in [1.82, 2.24) is 30.8 Å². The molecule has 170 valence electrons. The third-order valence-corrected chi connectivity index (χ3v) is 6.02. The molecule has 4 heterocycles. The van der Waals surface area contributed by atoms with Gasteiger partial charge in [-0.2, -0.15) is 0 Å². The number of anilines is 2. The first-order valence-electron chi connectivity index (χ1n) is 11.1. The van der Waals surface area contributed by atoms with Crippen molar-refractivity contribution in [2.75, 3.05) is 50.5 Å². The van der Waals surface area contributed by atoms with Crippen molar-refractivity contribution in [3.8, 4) is 0 Å². The molecule has 5 rings (SSSR count). The number of pyridine rings is 2. The Morgan fingerprint density at radius 1 is 1.00 bits per heavy atom. The predicted octanol–water partition coefficient (Wildman–Crippen LogP) is 2.28. The lowest BCUT2D eigenvalue weighted by molar-refractivity contribution is 0.102. The third kappa shape index (κ3) is 4.74. The van der Waals surface area contributed by atoms with E-state index in [4.69, 9.17) is 0 Å². The average Bonchev–Trinajstić information content (AvgIpc) is 3.15. The number of hydrogen-bond acceptors (Lipinski definition) is 8. The van der Waals surface area contributed by atoms with Crippen LogP contribution in [-0.2, 0) is 0 Å². The second-order valence-corrected chi connectivity index (χ2v) is 8.52. The van der Waals surface area contributed by atoms with Crippen LogP contribution in [0.25, 0.3) is 16.5 Å². The Morgan fingerprint density at radius 2 is 1.91 bits per heavy atom. The minimum Gasteiger partial charge on any atom is -0.355 e. The van der Waals surface area contributed by atoms with Crippen molar-refractivity contribution in [3.05, 3.63) is 66.1 Å². The van der Waals surface area contributed by atoms with E-state index in [-0.39, 0.29) is 5.91 Å². The topological polar surface area (TPSA) is 88.7 Å². The molecule has 0 unspecified atom stereocenters. The molecule has 2 aromatic heterocycles. The van der Waals surface area contributed by atoms with Gasteiger partial charge in [-0.15, -0.1) is 5.53 Å². The maximum Gasteiger partial charge on any atom is 0.257 e. The summed E-state index contributed by atoms with van der Waals surface area (Å²) in [5.41, 5.74) is 8.74. The van der Waals surface area contributed by atoms with E-state index >= 15 is 0 Å². The lowest BCUT2D eigenvalue weighted by Gasteiger charge is -2.21. The monoisotopic (exact) mass is 444 g/mol. The van der Waals surface area contributed by atoms with Crippen LogP contribution in [0.3, 0.4) is 0 Å². The number of fused-ring (bicyclic) bond motifs is 1. The summed E-state index contributed by atoms with van der Waals surface area (Å²) in [4.78, 5) is 26.5. The molecular weight excluding hydrogens is 416 g/mol. The fourth-order valence-electron chi connectivity index (χ4n) is 4.13. The quantitative estimate of drug-likeness (QED) is 0.565. The summed E-state index contributed by atoms with van der Waals surface area (Å²) >= 11 is 0. The number of rotatable bonds is 4. The van der Waals surface area contributed by atoms with Crippen LogP contribution in [-0.4, -0.2) is 66.1 Å². The van der Waals surface area contributed by atoms with E-state index in [9.17, 15) is 4.79 Å². The van der Waals surface area contributed by atoms with Crippen LogP contribution in [0.4, 0.5) is 11.6 Å². The molecule has 3 N–H and O–H groups in total. The number of hydrazine groups is 2. The summed E-state index contributed by atoms with van der Waals surface area (Å²) in [5, 5.41) is 6.80. The molecule has 1 saturated heterocycles. The number of likely N-dealkylation sites (N-methyl/N-ethyl adjacent to an activating group) is 1. The van der Waals surface area contributed by atoms with Gasteiger partial charge >= 0.3 is 0 Å². The number of carbonyl (C=O) groups is 1. The first-order valence-corrected chi connectivity index (χ1v) is 11.1. The Balaban J connectivity index is 1.34. The van der Waals surface area contributed by atoms with E-state index in [1.165, 1.54) is 0 Å². The van der Waals surface area contributed by atoms with Crippen LogP contribution >= 0.6 is 0 Å². The van der Waals surface area contributed by atoms with Gasteiger partial charge in [-0.05, 0) is 49.7 Å². The Kier molecular flexibility index (Phi) is 5.80. The molecule has 0 aliphatic carbocycles. The Labute approximate surface area is 193 Å². The zero-order valence-electron chi connectivity index (χ0n) is 18.9. The lowest BCUT2D eigenvalue weighted by atomic mass is 10.1. The molecule has 9 nitrogen and oxygen atoms in total. The number of benzene rings is 1. The zero-order valence-corrected chi connectivity index (χ0v) is 18.9. The highest BCUT2D eigenvalue weighted by Crippen LogP contribution is 2.23. The maximum atomic E-state index is 13.0. The average molecular weight is 445 g/mol. The molecule has 2 aliphatic heterocycles. The maximum absolute atomic E-state index is 13.0. The van der Waals surface area contributed by atoms with E-state index < -0.39 is 0 Å². The molecule has 9 heteroatoms.